The maximum atomic E-state index is 12.7. The first-order valence-electron chi connectivity index (χ1n) is 10.3. The zero-order valence-corrected chi connectivity index (χ0v) is 20.3. The summed E-state index contributed by atoms with van der Waals surface area (Å²) in [5, 5.41) is 5.99. The Balaban J connectivity index is 1.68. The molecule has 1 aliphatic rings. The molecule has 1 aliphatic heterocycles. The van der Waals surface area contributed by atoms with E-state index in [0.29, 0.717) is 23.9 Å². The van der Waals surface area contributed by atoms with Crippen molar-refractivity contribution in [3.05, 3.63) is 40.8 Å². The highest BCUT2D eigenvalue weighted by Crippen LogP contribution is 2.38. The normalized spacial score (nSPS) is 13.9. The highest BCUT2D eigenvalue weighted by atomic mass is 35.5. The van der Waals surface area contributed by atoms with Crippen LogP contribution in [0.1, 0.15) is 11.3 Å². The Hall–Kier alpha value is -2.42. The van der Waals surface area contributed by atoms with E-state index >= 15 is 0 Å². The number of ether oxygens (including phenoxy) is 2. The number of halogens is 1. The van der Waals surface area contributed by atoms with Crippen molar-refractivity contribution in [3.8, 4) is 11.4 Å². The van der Waals surface area contributed by atoms with Crippen LogP contribution in [0.4, 0.5) is 5.69 Å². The molecular formula is C22H27ClN4O3Si. The first-order valence-corrected chi connectivity index (χ1v) is 14.4. The average Bonchev–Trinajstić information content (AvgIpc) is 3.18. The van der Waals surface area contributed by atoms with Crippen LogP contribution < -0.4 is 9.64 Å². The molecule has 0 unspecified atom stereocenters. The van der Waals surface area contributed by atoms with Gasteiger partial charge in [0.2, 0.25) is 5.91 Å². The van der Waals surface area contributed by atoms with E-state index in [1.54, 1.807) is 29.0 Å². The number of carbonyl (C=O) groups excluding carboxylic acids is 1. The van der Waals surface area contributed by atoms with Crippen molar-refractivity contribution in [1.29, 1.82) is 0 Å². The minimum Gasteiger partial charge on any atom is -0.494 e. The van der Waals surface area contributed by atoms with E-state index in [-0.39, 0.29) is 12.6 Å². The van der Waals surface area contributed by atoms with Crippen LogP contribution in [0.25, 0.3) is 16.6 Å². The number of rotatable bonds is 7. The van der Waals surface area contributed by atoms with Crippen molar-refractivity contribution in [2.45, 2.75) is 39.0 Å². The van der Waals surface area contributed by atoms with Gasteiger partial charge in [-0.05, 0) is 24.6 Å². The van der Waals surface area contributed by atoms with E-state index in [1.165, 1.54) is 0 Å². The van der Waals surface area contributed by atoms with Crippen molar-refractivity contribution in [2.75, 3.05) is 25.3 Å². The predicted octanol–water partition coefficient (Wildman–Crippen LogP) is 4.59. The number of hydrogen-bond donors (Lipinski definition) is 0. The molecule has 0 radical (unpaired) electrons. The van der Waals surface area contributed by atoms with Crippen LogP contribution >= 0.6 is 11.6 Å². The van der Waals surface area contributed by atoms with Crippen molar-refractivity contribution < 1.29 is 14.3 Å². The molecule has 1 amide bonds. The minimum atomic E-state index is -1.18. The van der Waals surface area contributed by atoms with E-state index in [1.807, 2.05) is 19.1 Å². The van der Waals surface area contributed by atoms with Crippen LogP contribution in [0.5, 0.6) is 5.75 Å². The Morgan fingerprint density at radius 2 is 1.97 bits per heavy atom. The van der Waals surface area contributed by atoms with Gasteiger partial charge < -0.3 is 9.47 Å². The smallest absolute Gasteiger partial charge is 0.233 e. The molecule has 7 nitrogen and oxygen atoms in total. The third-order valence-corrected chi connectivity index (χ3v) is 7.39. The maximum absolute atomic E-state index is 12.7. The second-order valence-corrected chi connectivity index (χ2v) is 15.0. The van der Waals surface area contributed by atoms with E-state index in [4.69, 9.17) is 21.1 Å². The molecule has 0 fully saturated rings. The van der Waals surface area contributed by atoms with Crippen LogP contribution in [-0.4, -0.2) is 49.2 Å². The summed E-state index contributed by atoms with van der Waals surface area (Å²) in [4.78, 5) is 18.6. The van der Waals surface area contributed by atoms with Crippen molar-refractivity contribution in [3.63, 3.8) is 0 Å². The Morgan fingerprint density at radius 1 is 1.19 bits per heavy atom. The molecule has 3 heterocycles. The van der Waals surface area contributed by atoms with E-state index in [2.05, 4.69) is 29.7 Å². The van der Waals surface area contributed by atoms with E-state index in [9.17, 15) is 4.79 Å². The van der Waals surface area contributed by atoms with Gasteiger partial charge in [-0.1, -0.05) is 31.2 Å². The number of pyridine rings is 1. The van der Waals surface area contributed by atoms with Gasteiger partial charge in [0.25, 0.3) is 0 Å². The Morgan fingerprint density at radius 3 is 2.68 bits per heavy atom. The lowest BCUT2D eigenvalue weighted by atomic mass is 10.1. The zero-order chi connectivity index (χ0) is 22.3. The molecule has 164 valence electrons. The van der Waals surface area contributed by atoms with Crippen molar-refractivity contribution in [1.82, 2.24) is 14.8 Å². The fourth-order valence-corrected chi connectivity index (χ4v) is 4.62. The molecule has 0 saturated carbocycles. The molecule has 0 aliphatic carbocycles. The molecule has 0 atom stereocenters. The number of fused-ring (bicyclic) bond motifs is 2. The molecule has 3 aromatic rings. The molecule has 9 heteroatoms. The monoisotopic (exact) mass is 458 g/mol. The zero-order valence-electron chi connectivity index (χ0n) is 18.5. The third-order valence-electron chi connectivity index (χ3n) is 5.48. The molecule has 1 aromatic carbocycles. The second-order valence-electron chi connectivity index (χ2n) is 9.02. The molecule has 31 heavy (non-hydrogen) atoms. The van der Waals surface area contributed by atoms with Gasteiger partial charge in [-0.25, -0.2) is 9.67 Å². The van der Waals surface area contributed by atoms with Crippen LogP contribution in [-0.2, 0) is 16.0 Å². The fourth-order valence-electron chi connectivity index (χ4n) is 3.71. The number of anilines is 1. The first-order chi connectivity index (χ1) is 14.7. The average molecular weight is 459 g/mol. The van der Waals surface area contributed by atoms with Crippen LogP contribution in [0.15, 0.2) is 24.4 Å². The van der Waals surface area contributed by atoms with Gasteiger partial charge in [-0.2, -0.15) is 5.10 Å². The molecule has 2 aromatic heterocycles. The summed E-state index contributed by atoms with van der Waals surface area (Å²) in [6.45, 7) is 9.77. The summed E-state index contributed by atoms with van der Waals surface area (Å²) < 4.78 is 13.3. The Bertz CT molecular complexity index is 1160. The topological polar surface area (TPSA) is 69.5 Å². The lowest BCUT2D eigenvalue weighted by molar-refractivity contribution is -0.118. The molecule has 0 N–H and O–H groups in total. The quantitative estimate of drug-likeness (QED) is 0.294. The lowest BCUT2D eigenvalue weighted by Gasteiger charge is -2.21. The minimum absolute atomic E-state index is 0.0240. The van der Waals surface area contributed by atoms with Crippen molar-refractivity contribution in [2.24, 2.45) is 0 Å². The molecule has 0 bridgehead atoms. The molecular weight excluding hydrogens is 432 g/mol. The summed E-state index contributed by atoms with van der Waals surface area (Å²) in [6.07, 6.45) is 2.05. The van der Waals surface area contributed by atoms with Crippen LogP contribution in [0.3, 0.4) is 0 Å². The first kappa shape index (κ1) is 21.8. The van der Waals surface area contributed by atoms with Crippen LogP contribution in [0.2, 0.25) is 30.8 Å². The van der Waals surface area contributed by atoms with Gasteiger partial charge >= 0.3 is 0 Å². The Labute approximate surface area is 187 Å². The predicted molar refractivity (Wildman–Crippen MR) is 125 cm³/mol. The van der Waals surface area contributed by atoms with E-state index < -0.39 is 8.07 Å². The number of aromatic nitrogens is 3. The number of amides is 1. The highest BCUT2D eigenvalue weighted by Gasteiger charge is 2.30. The number of benzene rings is 1. The summed E-state index contributed by atoms with van der Waals surface area (Å²) in [5.41, 5.74) is 4.19. The van der Waals surface area contributed by atoms with Crippen molar-refractivity contribution >= 4 is 42.2 Å². The number of aryl methyl sites for hydroxylation is 1. The van der Waals surface area contributed by atoms with Gasteiger partial charge in [0.15, 0.2) is 0 Å². The fraction of sp³-hybridized carbons (Fsp3) is 0.409. The molecule has 0 saturated heterocycles. The van der Waals surface area contributed by atoms with Gasteiger partial charge in [0.1, 0.15) is 23.3 Å². The maximum Gasteiger partial charge on any atom is 0.233 e. The number of hydrogen-bond acceptors (Lipinski definition) is 5. The number of nitrogens with zero attached hydrogens (tertiary/aromatic N) is 4. The van der Waals surface area contributed by atoms with Crippen LogP contribution in [0, 0.1) is 6.92 Å². The van der Waals surface area contributed by atoms with Gasteiger partial charge in [0.05, 0.1) is 30.4 Å². The van der Waals surface area contributed by atoms with Gasteiger partial charge in [0, 0.05) is 38.4 Å². The lowest BCUT2D eigenvalue weighted by Crippen LogP contribution is -2.31. The van der Waals surface area contributed by atoms with Gasteiger partial charge in [-0.15, -0.1) is 0 Å². The summed E-state index contributed by atoms with van der Waals surface area (Å²) in [7, 11) is 0.436. The van der Waals surface area contributed by atoms with E-state index in [0.717, 1.165) is 39.6 Å². The molecule has 4 rings (SSSR count). The standard InChI is InChI=1S/C22H27ClN4O3Si/c1-14-16-12-24-21(23)11-18(16)27(25-14)19-8-15-9-22(28)26(17(15)10-20(19)29-2)13-30-6-7-31(3,4)5/h8,10-12H,6-7,9,13H2,1-5H3. The largest absolute Gasteiger partial charge is 0.494 e. The Kier molecular flexibility index (Phi) is 5.80. The second kappa shape index (κ2) is 8.25. The van der Waals surface area contributed by atoms with Gasteiger partial charge in [-0.3, -0.25) is 9.69 Å². The SMILES string of the molecule is COc1cc2c(cc1-n1nc(C)c3cnc(Cl)cc31)CC(=O)N2COCC[Si](C)(C)C. The highest BCUT2D eigenvalue weighted by molar-refractivity contribution is 6.76. The third kappa shape index (κ3) is 4.33. The summed E-state index contributed by atoms with van der Waals surface area (Å²) in [5.74, 6) is 0.647. The number of methoxy groups -OCH3 is 1. The number of carbonyl (C=O) groups is 1. The summed E-state index contributed by atoms with van der Waals surface area (Å²) >= 11 is 6.14. The molecule has 0 spiro atoms. The summed E-state index contributed by atoms with van der Waals surface area (Å²) in [6, 6.07) is 6.71.